The Labute approximate surface area is 185 Å². The molecule has 0 radical (unpaired) electrons. The van der Waals surface area contributed by atoms with Crippen molar-refractivity contribution in [3.05, 3.63) is 95.1 Å². The lowest BCUT2D eigenvalue weighted by molar-refractivity contribution is 0.271. The molecule has 152 valence electrons. The van der Waals surface area contributed by atoms with Crippen molar-refractivity contribution in [2.45, 2.75) is 26.7 Å². The molecule has 0 spiro atoms. The lowest BCUT2D eigenvalue weighted by Crippen LogP contribution is -2.04. The molecule has 0 unspecified atom stereocenters. The van der Waals surface area contributed by atoms with Gasteiger partial charge in [0.15, 0.2) is 0 Å². The minimum atomic E-state index is 0.510. The average Bonchev–Trinajstić information content (AvgIpc) is 2.81. The second-order valence-corrected chi connectivity index (χ2v) is 8.13. The monoisotopic (exact) mass is 402 g/mol. The van der Waals surface area contributed by atoms with Crippen molar-refractivity contribution in [2.75, 3.05) is 6.61 Å². The van der Waals surface area contributed by atoms with Crippen LogP contribution >= 0.6 is 0 Å². The predicted molar refractivity (Wildman–Crippen MR) is 130 cm³/mol. The van der Waals surface area contributed by atoms with Gasteiger partial charge in [0.2, 0.25) is 0 Å². The molecule has 0 amide bonds. The van der Waals surface area contributed by atoms with Crippen molar-refractivity contribution in [1.82, 2.24) is 0 Å². The second-order valence-electron chi connectivity index (χ2n) is 8.13. The largest absolute Gasteiger partial charge is 0.493 e. The maximum absolute atomic E-state index is 5.72. The van der Waals surface area contributed by atoms with Gasteiger partial charge >= 0.3 is 0 Å². The van der Waals surface area contributed by atoms with E-state index in [1.54, 1.807) is 0 Å². The molecular weight excluding hydrogens is 376 g/mol. The van der Waals surface area contributed by atoms with Crippen LogP contribution in [0.2, 0.25) is 0 Å². The van der Waals surface area contributed by atoms with Crippen LogP contribution in [-0.2, 0) is 6.42 Å². The van der Waals surface area contributed by atoms with Crippen molar-refractivity contribution in [1.29, 1.82) is 0 Å². The Bertz CT molecular complexity index is 1200. The van der Waals surface area contributed by atoms with E-state index in [9.17, 15) is 0 Å². The van der Waals surface area contributed by atoms with Gasteiger partial charge in [0.25, 0.3) is 0 Å². The summed E-state index contributed by atoms with van der Waals surface area (Å²) in [4.78, 5) is 0. The zero-order valence-electron chi connectivity index (χ0n) is 18.1. The van der Waals surface area contributed by atoms with Crippen LogP contribution in [-0.4, -0.2) is 6.61 Å². The Morgan fingerprint density at radius 3 is 2.55 bits per heavy atom. The van der Waals surface area contributed by atoms with Crippen LogP contribution in [0.15, 0.2) is 72.8 Å². The highest BCUT2D eigenvalue weighted by Crippen LogP contribution is 2.28. The van der Waals surface area contributed by atoms with Crippen molar-refractivity contribution in [3.63, 3.8) is 0 Å². The lowest BCUT2D eigenvalue weighted by atomic mass is 9.92. The normalized spacial score (nSPS) is 11.7. The predicted octanol–water partition coefficient (Wildman–Crippen LogP) is 6.75. The van der Waals surface area contributed by atoms with E-state index in [2.05, 4.69) is 86.1 Å². The third kappa shape index (κ3) is 5.48. The molecule has 0 heterocycles. The van der Waals surface area contributed by atoms with Crippen LogP contribution in [0.3, 0.4) is 0 Å². The Kier molecular flexibility index (Phi) is 6.56. The minimum absolute atomic E-state index is 0.510. The van der Waals surface area contributed by atoms with E-state index in [0.717, 1.165) is 41.9 Å². The molecule has 0 fully saturated rings. The van der Waals surface area contributed by atoms with E-state index in [-0.39, 0.29) is 0 Å². The van der Waals surface area contributed by atoms with Crippen LogP contribution in [0, 0.1) is 29.6 Å². The van der Waals surface area contributed by atoms with E-state index >= 15 is 0 Å². The van der Waals surface area contributed by atoms with Gasteiger partial charge in [-0.05, 0) is 89.3 Å². The highest BCUT2D eigenvalue weighted by atomic mass is 16.5. The number of hydrogen-bond acceptors (Lipinski definition) is 1. The number of hydrogen-bond donors (Lipinski definition) is 0. The van der Waals surface area contributed by atoms with Crippen LogP contribution in [0.5, 0.6) is 5.75 Å². The van der Waals surface area contributed by atoms with Gasteiger partial charge in [-0.15, -0.1) is 0 Å². The summed E-state index contributed by atoms with van der Waals surface area (Å²) in [5, 5.41) is 0. The molecule has 1 aliphatic rings. The maximum atomic E-state index is 5.72. The van der Waals surface area contributed by atoms with Gasteiger partial charge < -0.3 is 4.74 Å². The number of aryl methyl sites for hydroxylation is 1. The first kappa shape index (κ1) is 20.6. The van der Waals surface area contributed by atoms with Crippen LogP contribution in [0.25, 0.3) is 17.2 Å². The fourth-order valence-electron chi connectivity index (χ4n) is 3.54. The number of rotatable bonds is 4. The highest BCUT2D eigenvalue weighted by Gasteiger charge is 2.08. The Morgan fingerprint density at radius 2 is 1.71 bits per heavy atom. The molecule has 0 saturated carbocycles. The third-order valence-electron chi connectivity index (χ3n) is 5.17. The quantitative estimate of drug-likeness (QED) is 0.439. The molecule has 3 aromatic rings. The summed E-state index contributed by atoms with van der Waals surface area (Å²) >= 11 is 0. The molecule has 0 aromatic heterocycles. The number of fused-ring (bicyclic) bond motifs is 1. The van der Waals surface area contributed by atoms with Crippen LogP contribution in [0.1, 0.15) is 42.5 Å². The van der Waals surface area contributed by atoms with Gasteiger partial charge in [0.05, 0.1) is 6.61 Å². The molecule has 4 rings (SSSR count). The fourth-order valence-corrected chi connectivity index (χ4v) is 3.54. The molecule has 31 heavy (non-hydrogen) atoms. The maximum Gasteiger partial charge on any atom is 0.119 e. The topological polar surface area (TPSA) is 9.23 Å². The average molecular weight is 403 g/mol. The van der Waals surface area contributed by atoms with Crippen LogP contribution < -0.4 is 4.74 Å². The van der Waals surface area contributed by atoms with E-state index in [1.807, 2.05) is 30.3 Å². The lowest BCUT2D eigenvalue weighted by Gasteiger charge is -2.13. The van der Waals surface area contributed by atoms with Crippen molar-refractivity contribution in [3.8, 4) is 40.6 Å². The van der Waals surface area contributed by atoms with E-state index < -0.39 is 0 Å². The zero-order valence-corrected chi connectivity index (χ0v) is 18.1. The molecule has 1 aliphatic carbocycles. The third-order valence-corrected chi connectivity index (χ3v) is 5.17. The minimum Gasteiger partial charge on any atom is -0.493 e. The van der Waals surface area contributed by atoms with Gasteiger partial charge in [0, 0.05) is 11.1 Å². The summed E-state index contributed by atoms with van der Waals surface area (Å²) in [5.74, 6) is 13.7. The first-order chi connectivity index (χ1) is 15.2. The Balaban J connectivity index is 1.51. The van der Waals surface area contributed by atoms with Gasteiger partial charge in [-0.2, -0.15) is 0 Å². The van der Waals surface area contributed by atoms with Crippen molar-refractivity contribution >= 4 is 6.08 Å². The molecule has 0 aliphatic heterocycles. The van der Waals surface area contributed by atoms with E-state index in [0.29, 0.717) is 5.92 Å². The van der Waals surface area contributed by atoms with E-state index in [1.165, 1.54) is 16.7 Å². The summed E-state index contributed by atoms with van der Waals surface area (Å²) in [6, 6.07) is 22.8. The van der Waals surface area contributed by atoms with Gasteiger partial charge in [0.1, 0.15) is 5.75 Å². The highest BCUT2D eigenvalue weighted by molar-refractivity contribution is 5.75. The van der Waals surface area contributed by atoms with Crippen molar-refractivity contribution in [2.24, 2.45) is 5.92 Å². The number of ether oxygens (including phenoxy) is 1. The van der Waals surface area contributed by atoms with Gasteiger partial charge in [-0.25, -0.2) is 0 Å². The van der Waals surface area contributed by atoms with E-state index in [4.69, 9.17) is 4.74 Å². The first-order valence-electron chi connectivity index (χ1n) is 10.8. The first-order valence-corrected chi connectivity index (χ1v) is 10.8. The summed E-state index contributed by atoms with van der Waals surface area (Å²) in [5.41, 5.74) is 6.99. The molecule has 0 N–H and O–H groups in total. The molecule has 0 atom stereocenters. The molecular formula is C30H26O. The fraction of sp³-hybridized carbons (Fsp3) is 0.200. The SMILES string of the molecule is CC(C)COc1ccc(C#CC#Cc2ccccc2-c2ccc3c(c2)C=CCC3)cc1. The van der Waals surface area contributed by atoms with Gasteiger partial charge in [-0.3, -0.25) is 0 Å². The standard InChI is InChI=1S/C30H26O/c1-23(2)22-31-29-19-15-24(16-20-29)9-3-4-11-26-12-7-8-14-30(26)28-18-17-25-10-5-6-13-27(25)21-28/h6-8,12-21,23H,5,10,22H2,1-2H3. The second kappa shape index (κ2) is 9.88. The number of benzene rings is 3. The number of allylic oxidation sites excluding steroid dienone is 1. The summed E-state index contributed by atoms with van der Waals surface area (Å²) in [6.45, 7) is 5.00. The molecule has 0 saturated heterocycles. The molecule has 3 aromatic carbocycles. The van der Waals surface area contributed by atoms with Crippen molar-refractivity contribution < 1.29 is 4.74 Å². The molecule has 1 heteroatoms. The zero-order chi connectivity index (χ0) is 21.5. The summed E-state index contributed by atoms with van der Waals surface area (Å²) < 4.78 is 5.72. The summed E-state index contributed by atoms with van der Waals surface area (Å²) in [7, 11) is 0. The summed E-state index contributed by atoms with van der Waals surface area (Å²) in [6.07, 6.45) is 6.71. The molecule has 0 bridgehead atoms. The smallest absolute Gasteiger partial charge is 0.119 e. The van der Waals surface area contributed by atoms with Gasteiger partial charge in [-0.1, -0.05) is 68.2 Å². The Hall–Kier alpha value is -3.68. The Morgan fingerprint density at radius 1 is 0.903 bits per heavy atom. The molecule has 1 nitrogen and oxygen atoms in total. The van der Waals surface area contributed by atoms with Crippen LogP contribution in [0.4, 0.5) is 0 Å².